The first-order chi connectivity index (χ1) is 15.8. The van der Waals surface area contributed by atoms with Gasteiger partial charge < -0.3 is 14.7 Å². The van der Waals surface area contributed by atoms with Crippen LogP contribution in [0.5, 0.6) is 5.88 Å². The van der Waals surface area contributed by atoms with E-state index >= 15 is 0 Å². The van der Waals surface area contributed by atoms with Crippen molar-refractivity contribution in [1.82, 2.24) is 4.98 Å². The van der Waals surface area contributed by atoms with Crippen molar-refractivity contribution in [3.8, 4) is 17.0 Å². The monoisotopic (exact) mass is 456 g/mol. The minimum absolute atomic E-state index is 0.124. The van der Waals surface area contributed by atoms with E-state index in [0.29, 0.717) is 13.0 Å². The number of pyridine rings is 1. The molecule has 1 aliphatic heterocycles. The molecule has 174 valence electrons. The fraction of sp³-hybridized carbons (Fsp3) is 0.346. The summed E-state index contributed by atoms with van der Waals surface area (Å²) >= 11 is 0. The van der Waals surface area contributed by atoms with Crippen LogP contribution in [0, 0.1) is 6.92 Å². The summed E-state index contributed by atoms with van der Waals surface area (Å²) in [6.07, 6.45) is -1.58. The zero-order valence-corrected chi connectivity index (χ0v) is 18.5. The third-order valence-electron chi connectivity index (χ3n) is 5.98. The van der Waals surface area contributed by atoms with Gasteiger partial charge in [0.05, 0.1) is 12.1 Å². The molecule has 2 aromatic carbocycles. The summed E-state index contributed by atoms with van der Waals surface area (Å²) in [7, 11) is 0. The zero-order chi connectivity index (χ0) is 23.4. The molecule has 0 unspecified atom stereocenters. The van der Waals surface area contributed by atoms with Crippen molar-refractivity contribution in [3.63, 3.8) is 0 Å². The largest absolute Gasteiger partial charge is 0.472 e. The van der Waals surface area contributed by atoms with Gasteiger partial charge in [0.15, 0.2) is 0 Å². The smallest absolute Gasteiger partial charge is 0.417 e. The zero-order valence-electron chi connectivity index (χ0n) is 18.5. The highest BCUT2D eigenvalue weighted by atomic mass is 19.4. The first kappa shape index (κ1) is 23.1. The molecule has 2 heterocycles. The summed E-state index contributed by atoms with van der Waals surface area (Å²) in [6, 6.07) is 16.9. The lowest BCUT2D eigenvalue weighted by atomic mass is 9.96. The van der Waals surface area contributed by atoms with Gasteiger partial charge in [-0.15, -0.1) is 0 Å². The van der Waals surface area contributed by atoms with E-state index in [2.05, 4.69) is 47.1 Å². The van der Waals surface area contributed by atoms with Crippen LogP contribution in [0.15, 0.2) is 60.8 Å². The van der Waals surface area contributed by atoms with E-state index in [-0.39, 0.29) is 18.6 Å². The lowest BCUT2D eigenvalue weighted by Crippen LogP contribution is -2.25. The average molecular weight is 457 g/mol. The van der Waals surface area contributed by atoms with E-state index in [1.807, 2.05) is 12.1 Å². The number of benzene rings is 2. The van der Waals surface area contributed by atoms with Gasteiger partial charge in [-0.25, -0.2) is 4.98 Å². The molecule has 1 aromatic heterocycles. The third kappa shape index (κ3) is 5.47. The van der Waals surface area contributed by atoms with Crippen LogP contribution >= 0.6 is 0 Å². The predicted molar refractivity (Wildman–Crippen MR) is 123 cm³/mol. The number of nitrogens with zero attached hydrogens (tertiary/aromatic N) is 2. The van der Waals surface area contributed by atoms with E-state index < -0.39 is 11.7 Å². The Morgan fingerprint density at radius 2 is 1.94 bits per heavy atom. The van der Waals surface area contributed by atoms with Crippen molar-refractivity contribution in [2.24, 2.45) is 0 Å². The van der Waals surface area contributed by atoms with Gasteiger partial charge in [0.1, 0.15) is 6.10 Å². The number of aromatic nitrogens is 1. The fourth-order valence-corrected chi connectivity index (χ4v) is 4.26. The van der Waals surface area contributed by atoms with Gasteiger partial charge in [-0.05, 0) is 60.2 Å². The Balaban J connectivity index is 1.50. The van der Waals surface area contributed by atoms with E-state index in [0.717, 1.165) is 48.5 Å². The molecule has 1 aliphatic rings. The third-order valence-corrected chi connectivity index (χ3v) is 5.98. The van der Waals surface area contributed by atoms with Crippen LogP contribution in [-0.2, 0) is 12.6 Å². The van der Waals surface area contributed by atoms with Crippen LogP contribution in [0.2, 0.25) is 0 Å². The van der Waals surface area contributed by atoms with Gasteiger partial charge in [0.2, 0.25) is 5.88 Å². The number of aliphatic hydroxyl groups is 1. The van der Waals surface area contributed by atoms with Crippen molar-refractivity contribution in [2.75, 3.05) is 24.6 Å². The number of aliphatic hydroxyl groups excluding tert-OH is 1. The lowest BCUT2D eigenvalue weighted by Gasteiger charge is -2.23. The Morgan fingerprint density at radius 3 is 2.64 bits per heavy atom. The molecule has 4 nitrogen and oxygen atoms in total. The summed E-state index contributed by atoms with van der Waals surface area (Å²) in [5.41, 5.74) is 5.02. The summed E-state index contributed by atoms with van der Waals surface area (Å²) in [4.78, 5) is 6.07. The number of alkyl halides is 3. The summed E-state index contributed by atoms with van der Waals surface area (Å²) in [5.74, 6) is 0.199. The average Bonchev–Trinajstić information content (AvgIpc) is 3.26. The van der Waals surface area contributed by atoms with Gasteiger partial charge in [-0.2, -0.15) is 13.2 Å². The van der Waals surface area contributed by atoms with Crippen LogP contribution in [-0.4, -0.2) is 35.9 Å². The Hall–Kier alpha value is -3.06. The second-order valence-corrected chi connectivity index (χ2v) is 8.34. The molecule has 0 saturated carbocycles. The number of anilines is 1. The number of aryl methyl sites for hydroxylation is 2. The van der Waals surface area contributed by atoms with Crippen LogP contribution < -0.4 is 9.64 Å². The predicted octanol–water partition coefficient (Wildman–Crippen LogP) is 5.66. The molecule has 1 saturated heterocycles. The van der Waals surface area contributed by atoms with Gasteiger partial charge in [-0.1, -0.05) is 30.3 Å². The van der Waals surface area contributed by atoms with E-state index in [1.54, 1.807) is 0 Å². The quantitative estimate of drug-likeness (QED) is 0.499. The maximum absolute atomic E-state index is 12.7. The highest BCUT2D eigenvalue weighted by molar-refractivity contribution is 5.71. The van der Waals surface area contributed by atoms with E-state index in [1.165, 1.54) is 17.2 Å². The normalized spacial score (nSPS) is 16.3. The molecule has 1 atom stereocenters. The molecule has 0 aliphatic carbocycles. The van der Waals surface area contributed by atoms with Crippen molar-refractivity contribution in [3.05, 3.63) is 77.5 Å². The topological polar surface area (TPSA) is 45.6 Å². The van der Waals surface area contributed by atoms with Crippen molar-refractivity contribution >= 4 is 5.69 Å². The number of hydrogen-bond donors (Lipinski definition) is 1. The molecular weight excluding hydrogens is 429 g/mol. The molecule has 4 rings (SSSR count). The minimum Gasteiger partial charge on any atom is -0.472 e. The van der Waals surface area contributed by atoms with Crippen molar-refractivity contribution in [1.29, 1.82) is 0 Å². The Labute approximate surface area is 191 Å². The molecule has 1 fully saturated rings. The van der Waals surface area contributed by atoms with Crippen LogP contribution in [0.4, 0.5) is 18.9 Å². The lowest BCUT2D eigenvalue weighted by molar-refractivity contribution is -0.137. The van der Waals surface area contributed by atoms with Crippen LogP contribution in [0.3, 0.4) is 0 Å². The van der Waals surface area contributed by atoms with Gasteiger partial charge in [0.25, 0.3) is 0 Å². The second kappa shape index (κ2) is 9.83. The highest BCUT2D eigenvalue weighted by Gasteiger charge is 2.31. The Kier molecular flexibility index (Phi) is 6.88. The molecule has 7 heteroatoms. The first-order valence-electron chi connectivity index (χ1n) is 11.1. The Bertz CT molecular complexity index is 1080. The van der Waals surface area contributed by atoms with Gasteiger partial charge >= 0.3 is 6.18 Å². The molecule has 0 bridgehead atoms. The number of hydrogen-bond acceptors (Lipinski definition) is 4. The molecule has 3 aromatic rings. The maximum atomic E-state index is 12.7. The molecule has 1 N–H and O–H groups in total. The summed E-state index contributed by atoms with van der Waals surface area (Å²) < 4.78 is 44.1. The van der Waals surface area contributed by atoms with Crippen LogP contribution in [0.25, 0.3) is 11.1 Å². The van der Waals surface area contributed by atoms with Crippen LogP contribution in [0.1, 0.15) is 29.5 Å². The fourth-order valence-electron chi connectivity index (χ4n) is 4.26. The van der Waals surface area contributed by atoms with Gasteiger partial charge in [0, 0.05) is 37.5 Å². The molecule has 0 radical (unpaired) electrons. The molecule has 0 amide bonds. The SMILES string of the molecule is Cc1ccccc1-c1ccc(N2CC[C@H](Oc3ccc(C(F)(F)F)cn3)C2)c(CCCO)c1. The van der Waals surface area contributed by atoms with E-state index in [9.17, 15) is 18.3 Å². The number of rotatable bonds is 7. The summed E-state index contributed by atoms with van der Waals surface area (Å²) in [5, 5.41) is 9.38. The Morgan fingerprint density at radius 1 is 1.12 bits per heavy atom. The maximum Gasteiger partial charge on any atom is 0.417 e. The highest BCUT2D eigenvalue weighted by Crippen LogP contribution is 2.33. The van der Waals surface area contributed by atoms with Crippen molar-refractivity contribution < 1.29 is 23.0 Å². The standard InChI is InChI=1S/C26H27F3N2O2/c1-18-5-2-3-7-23(18)19-8-10-24(20(15-19)6-4-14-32)31-13-12-22(17-31)33-25-11-9-21(16-30-25)26(27,28)29/h2-3,5,7-11,15-16,22,32H,4,6,12-14,17H2,1H3/t22-/m0/s1. The minimum atomic E-state index is -4.41. The summed E-state index contributed by atoms with van der Waals surface area (Å²) in [6.45, 7) is 3.62. The number of halogens is 3. The second-order valence-electron chi connectivity index (χ2n) is 8.34. The van der Waals surface area contributed by atoms with E-state index in [4.69, 9.17) is 4.74 Å². The molecule has 0 spiro atoms. The first-order valence-corrected chi connectivity index (χ1v) is 11.1. The molecule has 33 heavy (non-hydrogen) atoms. The number of ether oxygens (including phenoxy) is 1. The van der Waals surface area contributed by atoms with Crippen molar-refractivity contribution in [2.45, 2.75) is 38.5 Å². The van der Waals surface area contributed by atoms with Gasteiger partial charge in [-0.3, -0.25) is 0 Å². The molecular formula is C26H27F3N2O2.